The van der Waals surface area contributed by atoms with Crippen molar-refractivity contribution >= 4 is 26.9 Å². The predicted molar refractivity (Wildman–Crippen MR) is 166 cm³/mol. The first kappa shape index (κ1) is 31.5. The Kier molecular flexibility index (Phi) is 8.75. The number of nitrogens with zero attached hydrogens (tertiary/aromatic N) is 5. The lowest BCUT2D eigenvalue weighted by Gasteiger charge is -2.31. The lowest BCUT2D eigenvalue weighted by atomic mass is 9.94. The number of anilines is 1. The van der Waals surface area contributed by atoms with E-state index in [0.717, 1.165) is 6.07 Å². The van der Waals surface area contributed by atoms with Crippen molar-refractivity contribution in [2.24, 2.45) is 12.8 Å². The van der Waals surface area contributed by atoms with Crippen LogP contribution in [0.4, 0.5) is 14.6 Å². The first-order valence-corrected chi connectivity index (χ1v) is 15.5. The fraction of sp³-hybridized carbons (Fsp3) is 0.355. The van der Waals surface area contributed by atoms with Crippen LogP contribution in [-0.2, 0) is 23.7 Å². The van der Waals surface area contributed by atoms with Crippen LogP contribution in [0, 0.1) is 23.5 Å². The monoisotopic (exact) mass is 623 g/mol. The molecule has 1 saturated heterocycles. The molecular weight excluding hydrogens is 588 g/mol. The third kappa shape index (κ3) is 7.06. The lowest BCUT2D eigenvalue weighted by Crippen LogP contribution is -2.48. The molecule has 1 unspecified atom stereocenters. The third-order valence-electron chi connectivity index (χ3n) is 7.33. The molecule has 3 heterocycles. The summed E-state index contributed by atoms with van der Waals surface area (Å²) in [6, 6.07) is 11.3. The number of nitrogens with two attached hydrogens (primary N) is 1. The number of rotatable bonds is 7. The van der Waals surface area contributed by atoms with Gasteiger partial charge in [-0.1, -0.05) is 18.1 Å². The standard InChI is InChI=1S/C31H35F2N7O3S/c1-31(2,41)11-10-23-8-9-24(28(35-23)27(34)18-20-16-21(32)19-22(33)17-20)25-6-5-7-26-29(25)39(4)36-30(26)37-44(42,43)40-14-12-38(3)13-15-40/h5-9,16-17,19,27,41H,12-15,18,34H2,1-4H3,(H,36,37). The van der Waals surface area contributed by atoms with E-state index in [1.807, 2.05) is 13.1 Å². The van der Waals surface area contributed by atoms with Gasteiger partial charge in [-0.05, 0) is 69.1 Å². The molecule has 4 N–H and O–H groups in total. The number of likely N-dealkylation sites (N-methyl/N-ethyl adjacent to an activating group) is 1. The zero-order chi connectivity index (χ0) is 31.8. The molecule has 44 heavy (non-hydrogen) atoms. The molecule has 0 amide bonds. The first-order chi connectivity index (χ1) is 20.7. The number of nitrogens with one attached hydrogen (secondary N) is 1. The van der Waals surface area contributed by atoms with Crippen molar-refractivity contribution in [3.8, 4) is 23.0 Å². The topological polar surface area (TPSA) is 130 Å². The normalized spacial score (nSPS) is 15.6. The van der Waals surface area contributed by atoms with E-state index in [1.165, 1.54) is 16.4 Å². The highest BCUT2D eigenvalue weighted by molar-refractivity contribution is 7.90. The maximum Gasteiger partial charge on any atom is 0.302 e. The Bertz CT molecular complexity index is 1850. The van der Waals surface area contributed by atoms with Gasteiger partial charge in [0.1, 0.15) is 22.9 Å². The van der Waals surface area contributed by atoms with Gasteiger partial charge in [0.05, 0.1) is 17.3 Å². The van der Waals surface area contributed by atoms with E-state index in [0.29, 0.717) is 65.2 Å². The molecule has 0 radical (unpaired) electrons. The van der Waals surface area contributed by atoms with Crippen LogP contribution < -0.4 is 10.5 Å². The smallest absolute Gasteiger partial charge is 0.302 e. The van der Waals surface area contributed by atoms with Crippen LogP contribution in [-0.4, -0.2) is 76.3 Å². The largest absolute Gasteiger partial charge is 0.378 e. The van der Waals surface area contributed by atoms with Crippen LogP contribution in [0.5, 0.6) is 0 Å². The average molecular weight is 624 g/mol. The molecule has 0 bridgehead atoms. The zero-order valence-corrected chi connectivity index (χ0v) is 25.8. The van der Waals surface area contributed by atoms with E-state index in [9.17, 15) is 22.3 Å². The summed E-state index contributed by atoms with van der Waals surface area (Å²) in [5.41, 5.74) is 8.43. The van der Waals surface area contributed by atoms with E-state index in [1.54, 1.807) is 49.8 Å². The van der Waals surface area contributed by atoms with Crippen LogP contribution in [0.2, 0.25) is 0 Å². The molecule has 1 aliphatic rings. The van der Waals surface area contributed by atoms with Crippen molar-refractivity contribution in [2.75, 3.05) is 37.9 Å². The second-order valence-corrected chi connectivity index (χ2v) is 13.2. The summed E-state index contributed by atoms with van der Waals surface area (Å²) in [4.78, 5) is 6.78. The van der Waals surface area contributed by atoms with Gasteiger partial charge in [0.2, 0.25) is 0 Å². The van der Waals surface area contributed by atoms with Crippen molar-refractivity contribution < 1.29 is 22.3 Å². The molecular formula is C31H35F2N7O3S. The predicted octanol–water partition coefficient (Wildman–Crippen LogP) is 3.18. The summed E-state index contributed by atoms with van der Waals surface area (Å²) in [5, 5.41) is 15.2. The van der Waals surface area contributed by atoms with E-state index < -0.39 is 33.5 Å². The van der Waals surface area contributed by atoms with Gasteiger partial charge in [-0.3, -0.25) is 9.40 Å². The summed E-state index contributed by atoms with van der Waals surface area (Å²) < 4.78 is 60.1. The number of hydrogen-bond donors (Lipinski definition) is 3. The maximum atomic E-state index is 14.0. The van der Waals surface area contributed by atoms with Crippen LogP contribution in [0.15, 0.2) is 48.5 Å². The van der Waals surface area contributed by atoms with Gasteiger partial charge < -0.3 is 15.7 Å². The van der Waals surface area contributed by atoms with E-state index in [4.69, 9.17) is 10.7 Å². The second-order valence-electron chi connectivity index (χ2n) is 11.5. The molecule has 4 aromatic rings. The summed E-state index contributed by atoms with van der Waals surface area (Å²) >= 11 is 0. The van der Waals surface area contributed by atoms with Gasteiger partial charge in [0, 0.05) is 55.8 Å². The van der Waals surface area contributed by atoms with Crippen molar-refractivity contribution in [2.45, 2.75) is 31.9 Å². The van der Waals surface area contributed by atoms with Gasteiger partial charge in [0.25, 0.3) is 0 Å². The number of aromatic nitrogens is 3. The number of piperazine rings is 1. The van der Waals surface area contributed by atoms with E-state index in [-0.39, 0.29) is 12.2 Å². The molecule has 13 heteroatoms. The molecule has 5 rings (SSSR count). The Morgan fingerprint density at radius 1 is 1.05 bits per heavy atom. The number of fused-ring (bicyclic) bond motifs is 1. The number of para-hydroxylation sites is 1. The van der Waals surface area contributed by atoms with Gasteiger partial charge in [-0.15, -0.1) is 0 Å². The number of pyridine rings is 1. The highest BCUT2D eigenvalue weighted by Crippen LogP contribution is 2.36. The minimum atomic E-state index is -3.85. The molecule has 1 fully saturated rings. The highest BCUT2D eigenvalue weighted by Gasteiger charge is 2.28. The third-order valence-corrected chi connectivity index (χ3v) is 8.83. The molecule has 2 aromatic carbocycles. The quantitative estimate of drug-likeness (QED) is 0.270. The average Bonchev–Trinajstić information content (AvgIpc) is 3.25. The van der Waals surface area contributed by atoms with Crippen LogP contribution in [0.3, 0.4) is 0 Å². The van der Waals surface area contributed by atoms with Gasteiger partial charge >= 0.3 is 10.2 Å². The van der Waals surface area contributed by atoms with Crippen molar-refractivity contribution in [3.63, 3.8) is 0 Å². The minimum absolute atomic E-state index is 0.0779. The minimum Gasteiger partial charge on any atom is -0.378 e. The second kappa shape index (κ2) is 12.2. The number of benzene rings is 2. The molecule has 1 aliphatic heterocycles. The van der Waals surface area contributed by atoms with Crippen LogP contribution in [0.1, 0.15) is 36.8 Å². The number of aryl methyl sites for hydroxylation is 1. The van der Waals surface area contributed by atoms with E-state index in [2.05, 4.69) is 26.6 Å². The molecule has 0 aliphatic carbocycles. The fourth-order valence-corrected chi connectivity index (χ4v) is 6.36. The maximum absolute atomic E-state index is 14.0. The summed E-state index contributed by atoms with van der Waals surface area (Å²) in [6.07, 6.45) is 0.0779. The molecule has 0 saturated carbocycles. The number of halogens is 2. The first-order valence-electron chi connectivity index (χ1n) is 14.1. The van der Waals surface area contributed by atoms with E-state index >= 15 is 0 Å². The molecule has 232 valence electrons. The Labute approximate surface area is 255 Å². The lowest BCUT2D eigenvalue weighted by molar-refractivity contribution is 0.143. The Morgan fingerprint density at radius 2 is 1.73 bits per heavy atom. The zero-order valence-electron chi connectivity index (χ0n) is 25.0. The van der Waals surface area contributed by atoms with Gasteiger partial charge in [-0.2, -0.15) is 17.8 Å². The summed E-state index contributed by atoms with van der Waals surface area (Å²) in [7, 11) is -0.190. The molecule has 2 aromatic heterocycles. The van der Waals surface area contributed by atoms with Crippen molar-refractivity contribution in [1.82, 2.24) is 24.0 Å². The summed E-state index contributed by atoms with van der Waals surface area (Å²) in [6.45, 7) is 5.10. The fourth-order valence-electron chi connectivity index (χ4n) is 5.20. The van der Waals surface area contributed by atoms with Crippen molar-refractivity contribution in [1.29, 1.82) is 0 Å². The van der Waals surface area contributed by atoms with Gasteiger partial charge in [0.15, 0.2) is 5.82 Å². The van der Waals surface area contributed by atoms with Crippen molar-refractivity contribution in [3.05, 3.63) is 77.1 Å². The van der Waals surface area contributed by atoms with Gasteiger partial charge in [-0.25, -0.2) is 13.8 Å². The SMILES string of the molecule is CN1CCN(S(=O)(=O)Nc2nn(C)c3c(-c4ccc(C#CC(C)(C)O)nc4C(N)Cc4cc(F)cc(F)c4)cccc23)CC1. The Morgan fingerprint density at radius 3 is 2.39 bits per heavy atom. The Balaban J connectivity index is 1.58. The Hall–Kier alpha value is -3.93. The van der Waals surface area contributed by atoms with Crippen LogP contribution in [0.25, 0.3) is 22.0 Å². The summed E-state index contributed by atoms with van der Waals surface area (Å²) in [5.74, 6) is 4.36. The molecule has 1 atom stereocenters. The number of hydrogen-bond acceptors (Lipinski definition) is 7. The highest BCUT2D eigenvalue weighted by atomic mass is 32.2. The molecule has 0 spiro atoms. The number of aliphatic hydroxyl groups is 1. The molecule has 10 nitrogen and oxygen atoms in total. The van der Waals surface area contributed by atoms with Crippen LogP contribution >= 0.6 is 0 Å².